The average molecular weight is 305 g/mol. The van der Waals surface area contributed by atoms with E-state index in [-0.39, 0.29) is 5.91 Å². The highest BCUT2D eigenvalue weighted by Gasteiger charge is 2.35. The van der Waals surface area contributed by atoms with Crippen molar-refractivity contribution in [3.8, 4) is 0 Å². The predicted octanol–water partition coefficient (Wildman–Crippen LogP) is 2.97. The Kier molecular flexibility index (Phi) is 3.93. The standard InChI is InChI=1S/C16H23N3OS/c1-3-8-18-15(20)14-13(17)12(11-6-7-11)16(21-14)19(2)9-10-4-5-10/h3,10-11H,1,4-9,17H2,2H3,(H,18,20). The Balaban J connectivity index is 1.86. The molecule has 1 aromatic heterocycles. The smallest absolute Gasteiger partial charge is 0.263 e. The lowest BCUT2D eigenvalue weighted by Gasteiger charge is -2.19. The summed E-state index contributed by atoms with van der Waals surface area (Å²) in [6, 6.07) is 0. The fourth-order valence-corrected chi connectivity index (χ4v) is 3.87. The van der Waals surface area contributed by atoms with Gasteiger partial charge in [0.1, 0.15) is 4.88 Å². The van der Waals surface area contributed by atoms with Crippen LogP contribution in [0.25, 0.3) is 0 Å². The van der Waals surface area contributed by atoms with Crippen molar-refractivity contribution in [2.45, 2.75) is 31.6 Å². The number of amides is 1. The Bertz CT molecular complexity index is 558. The second kappa shape index (κ2) is 5.72. The van der Waals surface area contributed by atoms with Gasteiger partial charge in [-0.25, -0.2) is 0 Å². The average Bonchev–Trinajstić information content (AvgIpc) is 3.36. The quantitative estimate of drug-likeness (QED) is 0.761. The maximum absolute atomic E-state index is 12.2. The van der Waals surface area contributed by atoms with E-state index in [0.717, 1.165) is 12.5 Å². The van der Waals surface area contributed by atoms with Gasteiger partial charge in [0, 0.05) is 25.7 Å². The fourth-order valence-electron chi connectivity index (χ4n) is 2.68. The minimum Gasteiger partial charge on any atom is -0.397 e. The SMILES string of the molecule is C=CCNC(=O)c1sc(N(C)CC2CC2)c(C2CC2)c1N. The maximum atomic E-state index is 12.2. The van der Waals surface area contributed by atoms with Crippen LogP contribution in [-0.2, 0) is 0 Å². The van der Waals surface area contributed by atoms with E-state index in [1.54, 1.807) is 17.4 Å². The summed E-state index contributed by atoms with van der Waals surface area (Å²) in [6.45, 7) is 5.18. The molecule has 114 valence electrons. The highest BCUT2D eigenvalue weighted by molar-refractivity contribution is 7.18. The zero-order chi connectivity index (χ0) is 15.0. The largest absolute Gasteiger partial charge is 0.397 e. The number of nitrogens with one attached hydrogen (secondary N) is 1. The number of nitrogen functional groups attached to an aromatic ring is 1. The molecule has 21 heavy (non-hydrogen) atoms. The van der Waals surface area contributed by atoms with Crippen LogP contribution < -0.4 is 16.0 Å². The monoisotopic (exact) mass is 305 g/mol. The molecular formula is C16H23N3OS. The molecule has 0 spiro atoms. The first-order chi connectivity index (χ1) is 10.1. The zero-order valence-corrected chi connectivity index (χ0v) is 13.3. The molecule has 0 unspecified atom stereocenters. The highest BCUT2D eigenvalue weighted by atomic mass is 32.1. The molecule has 0 aromatic carbocycles. The van der Waals surface area contributed by atoms with Crippen LogP contribution in [0.4, 0.5) is 10.7 Å². The molecule has 0 atom stereocenters. The lowest BCUT2D eigenvalue weighted by atomic mass is 10.1. The number of carbonyl (C=O) groups is 1. The molecule has 2 fully saturated rings. The summed E-state index contributed by atoms with van der Waals surface area (Å²) in [4.78, 5) is 15.2. The Morgan fingerprint density at radius 2 is 2.19 bits per heavy atom. The molecule has 5 heteroatoms. The van der Waals surface area contributed by atoms with Crippen molar-refractivity contribution in [1.82, 2.24) is 5.32 Å². The number of carbonyl (C=O) groups excluding carboxylic acids is 1. The molecule has 4 nitrogen and oxygen atoms in total. The van der Waals surface area contributed by atoms with Crippen LogP contribution in [0.15, 0.2) is 12.7 Å². The van der Waals surface area contributed by atoms with E-state index in [2.05, 4.69) is 23.8 Å². The molecular weight excluding hydrogens is 282 g/mol. The summed E-state index contributed by atoms with van der Waals surface area (Å²) in [5.74, 6) is 1.30. The van der Waals surface area contributed by atoms with Crippen molar-refractivity contribution in [2.24, 2.45) is 5.92 Å². The Hall–Kier alpha value is -1.49. The number of rotatable bonds is 7. The second-order valence-corrected chi connectivity index (χ2v) is 7.16. The van der Waals surface area contributed by atoms with Gasteiger partial charge in [0.05, 0.1) is 10.7 Å². The van der Waals surface area contributed by atoms with Crippen molar-refractivity contribution in [3.05, 3.63) is 23.1 Å². The summed E-state index contributed by atoms with van der Waals surface area (Å²) in [5.41, 5.74) is 8.21. The van der Waals surface area contributed by atoms with Crippen molar-refractivity contribution < 1.29 is 4.79 Å². The number of hydrogen-bond donors (Lipinski definition) is 2. The minimum absolute atomic E-state index is 0.0784. The molecule has 0 aliphatic heterocycles. The van der Waals surface area contributed by atoms with Gasteiger partial charge in [0.15, 0.2) is 0 Å². The van der Waals surface area contributed by atoms with Crippen molar-refractivity contribution >= 4 is 27.9 Å². The molecule has 2 saturated carbocycles. The molecule has 1 heterocycles. The number of anilines is 2. The molecule has 1 amide bonds. The first-order valence-electron chi connectivity index (χ1n) is 7.64. The molecule has 3 rings (SSSR count). The molecule has 3 N–H and O–H groups in total. The third kappa shape index (κ3) is 3.07. The van der Waals surface area contributed by atoms with Gasteiger partial charge in [-0.05, 0) is 37.5 Å². The molecule has 2 aliphatic rings. The minimum atomic E-state index is -0.0784. The number of nitrogens with zero attached hydrogens (tertiary/aromatic N) is 1. The Morgan fingerprint density at radius 1 is 1.48 bits per heavy atom. The van der Waals surface area contributed by atoms with Gasteiger partial charge in [-0.1, -0.05) is 6.08 Å². The first kappa shape index (κ1) is 14.4. The van der Waals surface area contributed by atoms with Crippen molar-refractivity contribution in [2.75, 3.05) is 30.8 Å². The van der Waals surface area contributed by atoms with Crippen LogP contribution in [0, 0.1) is 5.92 Å². The second-order valence-electron chi connectivity index (χ2n) is 6.16. The van der Waals surface area contributed by atoms with E-state index in [1.165, 1.54) is 36.2 Å². The highest BCUT2D eigenvalue weighted by Crippen LogP contribution is 2.52. The van der Waals surface area contributed by atoms with E-state index in [4.69, 9.17) is 5.73 Å². The van der Waals surface area contributed by atoms with Gasteiger partial charge in [0.2, 0.25) is 0 Å². The van der Waals surface area contributed by atoms with E-state index in [1.807, 2.05) is 0 Å². The summed E-state index contributed by atoms with van der Waals surface area (Å²) in [6.07, 6.45) is 6.73. The lowest BCUT2D eigenvalue weighted by molar-refractivity contribution is 0.0963. The number of nitrogens with two attached hydrogens (primary N) is 1. The van der Waals surface area contributed by atoms with Crippen molar-refractivity contribution in [1.29, 1.82) is 0 Å². The Morgan fingerprint density at radius 3 is 2.76 bits per heavy atom. The number of thiophene rings is 1. The lowest BCUT2D eigenvalue weighted by Crippen LogP contribution is -2.23. The van der Waals surface area contributed by atoms with Gasteiger partial charge in [-0.15, -0.1) is 17.9 Å². The van der Waals surface area contributed by atoms with Crippen LogP contribution in [0.2, 0.25) is 0 Å². The predicted molar refractivity (Wildman–Crippen MR) is 89.2 cm³/mol. The van der Waals surface area contributed by atoms with Crippen LogP contribution in [0.1, 0.15) is 46.8 Å². The molecule has 0 saturated heterocycles. The normalized spacial score (nSPS) is 17.6. The van der Waals surface area contributed by atoms with E-state index >= 15 is 0 Å². The number of hydrogen-bond acceptors (Lipinski definition) is 4. The van der Waals surface area contributed by atoms with E-state index in [9.17, 15) is 4.79 Å². The summed E-state index contributed by atoms with van der Waals surface area (Å²) < 4.78 is 0. The third-order valence-corrected chi connectivity index (χ3v) is 5.47. The van der Waals surface area contributed by atoms with E-state index < -0.39 is 0 Å². The van der Waals surface area contributed by atoms with Crippen molar-refractivity contribution in [3.63, 3.8) is 0 Å². The van der Waals surface area contributed by atoms with Gasteiger partial charge in [-0.3, -0.25) is 4.79 Å². The van der Waals surface area contributed by atoms with Gasteiger partial charge < -0.3 is 16.0 Å². The van der Waals surface area contributed by atoms with E-state index in [0.29, 0.717) is 23.0 Å². The van der Waals surface area contributed by atoms with Crippen LogP contribution >= 0.6 is 11.3 Å². The van der Waals surface area contributed by atoms with Gasteiger partial charge in [-0.2, -0.15) is 0 Å². The molecule has 1 aromatic rings. The summed E-state index contributed by atoms with van der Waals surface area (Å²) in [5, 5.41) is 4.04. The fraction of sp³-hybridized carbons (Fsp3) is 0.562. The summed E-state index contributed by atoms with van der Waals surface area (Å²) >= 11 is 1.55. The topological polar surface area (TPSA) is 58.4 Å². The van der Waals surface area contributed by atoms with Gasteiger partial charge in [0.25, 0.3) is 5.91 Å². The van der Waals surface area contributed by atoms with Crippen LogP contribution in [-0.4, -0.2) is 26.0 Å². The van der Waals surface area contributed by atoms with Crippen LogP contribution in [0.5, 0.6) is 0 Å². The Labute approximate surface area is 130 Å². The molecule has 0 radical (unpaired) electrons. The zero-order valence-electron chi connectivity index (χ0n) is 12.5. The van der Waals surface area contributed by atoms with Crippen LogP contribution in [0.3, 0.4) is 0 Å². The first-order valence-corrected chi connectivity index (χ1v) is 8.45. The summed E-state index contributed by atoms with van der Waals surface area (Å²) in [7, 11) is 2.13. The maximum Gasteiger partial charge on any atom is 0.263 e. The molecule has 2 aliphatic carbocycles. The van der Waals surface area contributed by atoms with Gasteiger partial charge >= 0.3 is 0 Å². The third-order valence-electron chi connectivity index (χ3n) is 4.14. The molecule has 0 bridgehead atoms.